The molecule has 0 unspecified atom stereocenters. The predicted octanol–water partition coefficient (Wildman–Crippen LogP) is 2.93. The Morgan fingerprint density at radius 2 is 1.89 bits per heavy atom. The maximum Gasteiger partial charge on any atom is 0.169 e. The highest BCUT2D eigenvalue weighted by atomic mass is 15.4. The van der Waals surface area contributed by atoms with Crippen molar-refractivity contribution < 1.29 is 0 Å². The predicted molar refractivity (Wildman–Crippen MR) is 73.9 cm³/mol. The van der Waals surface area contributed by atoms with E-state index in [0.717, 1.165) is 24.2 Å². The van der Waals surface area contributed by atoms with Gasteiger partial charge in [0.25, 0.3) is 0 Å². The van der Waals surface area contributed by atoms with E-state index in [4.69, 9.17) is 5.73 Å². The fourth-order valence-electron chi connectivity index (χ4n) is 2.12. The first-order valence-corrected chi connectivity index (χ1v) is 6.43. The van der Waals surface area contributed by atoms with E-state index in [9.17, 15) is 0 Å². The topological polar surface area (TPSA) is 56.7 Å². The summed E-state index contributed by atoms with van der Waals surface area (Å²) in [6, 6.07) is 8.43. The van der Waals surface area contributed by atoms with Crippen LogP contribution in [0.1, 0.15) is 44.4 Å². The lowest BCUT2D eigenvalue weighted by molar-refractivity contribution is 0.715. The molecule has 1 aromatic heterocycles. The molecule has 0 bridgehead atoms. The molecule has 0 saturated heterocycles. The summed E-state index contributed by atoms with van der Waals surface area (Å²) >= 11 is 0. The highest BCUT2D eigenvalue weighted by molar-refractivity contribution is 5.43. The number of hydrogen-bond donors (Lipinski definition) is 1. The van der Waals surface area contributed by atoms with Crippen molar-refractivity contribution in [1.29, 1.82) is 0 Å². The smallest absolute Gasteiger partial charge is 0.169 e. The van der Waals surface area contributed by atoms with Crippen LogP contribution in [0, 0.1) is 0 Å². The molecule has 2 rings (SSSR count). The van der Waals surface area contributed by atoms with Crippen molar-refractivity contribution in [3.8, 4) is 5.69 Å². The maximum absolute atomic E-state index is 5.86. The van der Waals surface area contributed by atoms with Gasteiger partial charge >= 0.3 is 0 Å². The van der Waals surface area contributed by atoms with Crippen LogP contribution in [-0.2, 0) is 6.42 Å². The van der Waals surface area contributed by atoms with Gasteiger partial charge in [-0.25, -0.2) is 4.68 Å². The Hall–Kier alpha value is -1.84. The Bertz CT molecular complexity index is 511. The molecule has 0 radical (unpaired) electrons. The summed E-state index contributed by atoms with van der Waals surface area (Å²) in [7, 11) is 0. The van der Waals surface area contributed by atoms with Gasteiger partial charge in [-0.2, -0.15) is 0 Å². The van der Waals surface area contributed by atoms with E-state index in [2.05, 4.69) is 55.3 Å². The van der Waals surface area contributed by atoms with E-state index >= 15 is 0 Å². The Morgan fingerprint density at radius 3 is 2.44 bits per heavy atom. The maximum atomic E-state index is 5.86. The molecule has 2 aromatic rings. The lowest BCUT2D eigenvalue weighted by Gasteiger charge is -2.10. The van der Waals surface area contributed by atoms with Crippen LogP contribution in [0.25, 0.3) is 5.69 Å². The molecule has 18 heavy (non-hydrogen) atoms. The van der Waals surface area contributed by atoms with Crippen molar-refractivity contribution in [2.45, 2.75) is 39.5 Å². The number of nitrogen functional groups attached to an aromatic ring is 1. The number of anilines is 1. The quantitative estimate of drug-likeness (QED) is 0.899. The molecular weight excluding hydrogens is 224 g/mol. The molecule has 2 N–H and O–H groups in total. The molecule has 1 heterocycles. The van der Waals surface area contributed by atoms with Crippen LogP contribution in [0.5, 0.6) is 0 Å². The second-order valence-corrected chi connectivity index (χ2v) is 4.84. The second-order valence-electron chi connectivity index (χ2n) is 4.84. The van der Waals surface area contributed by atoms with Crippen LogP contribution >= 0.6 is 0 Å². The van der Waals surface area contributed by atoms with Crippen molar-refractivity contribution in [3.63, 3.8) is 0 Å². The van der Waals surface area contributed by atoms with Crippen molar-refractivity contribution in [1.82, 2.24) is 15.0 Å². The molecule has 96 valence electrons. The molecule has 0 atom stereocenters. The molecule has 0 fully saturated rings. The lowest BCUT2D eigenvalue weighted by atomic mass is 10.1. The van der Waals surface area contributed by atoms with Gasteiger partial charge in [-0.3, -0.25) is 0 Å². The van der Waals surface area contributed by atoms with E-state index in [-0.39, 0.29) is 0 Å². The van der Waals surface area contributed by atoms with E-state index in [1.807, 2.05) is 4.68 Å². The molecule has 0 aliphatic heterocycles. The summed E-state index contributed by atoms with van der Waals surface area (Å²) in [6.07, 6.45) is 2.27. The van der Waals surface area contributed by atoms with Crippen molar-refractivity contribution in [3.05, 3.63) is 35.5 Å². The van der Waals surface area contributed by atoms with Gasteiger partial charge < -0.3 is 5.73 Å². The number of aromatic nitrogens is 3. The Labute approximate surface area is 108 Å². The minimum atomic E-state index is 0.301. The van der Waals surface area contributed by atoms with Gasteiger partial charge in [-0.15, -0.1) is 5.10 Å². The van der Waals surface area contributed by atoms with Crippen LogP contribution in [0.4, 0.5) is 5.82 Å². The third-order valence-electron chi connectivity index (χ3n) is 3.00. The minimum absolute atomic E-state index is 0.301. The number of hydrogen-bond acceptors (Lipinski definition) is 3. The molecule has 0 amide bonds. The van der Waals surface area contributed by atoms with Gasteiger partial charge in [0, 0.05) is 0 Å². The molecule has 4 nitrogen and oxygen atoms in total. The first kappa shape index (κ1) is 12.6. The zero-order valence-corrected chi connectivity index (χ0v) is 11.2. The first-order valence-electron chi connectivity index (χ1n) is 6.43. The summed E-state index contributed by atoms with van der Waals surface area (Å²) in [6.45, 7) is 6.37. The van der Waals surface area contributed by atoms with Gasteiger partial charge in [-0.05, 0) is 30.0 Å². The number of nitrogens with two attached hydrogens (primary N) is 1. The zero-order valence-electron chi connectivity index (χ0n) is 11.2. The molecule has 0 spiro atoms. The average molecular weight is 244 g/mol. The summed E-state index contributed by atoms with van der Waals surface area (Å²) < 4.78 is 1.83. The molecule has 0 aliphatic carbocycles. The Morgan fingerprint density at radius 1 is 1.22 bits per heavy atom. The number of nitrogens with zero attached hydrogens (tertiary/aromatic N) is 3. The van der Waals surface area contributed by atoms with E-state index in [1.54, 1.807) is 0 Å². The van der Waals surface area contributed by atoms with Crippen LogP contribution < -0.4 is 5.73 Å². The molecular formula is C14H20N4. The number of benzene rings is 1. The lowest BCUT2D eigenvalue weighted by Crippen LogP contribution is -2.05. The number of aryl methyl sites for hydroxylation is 1. The van der Waals surface area contributed by atoms with Crippen molar-refractivity contribution in [2.24, 2.45) is 0 Å². The van der Waals surface area contributed by atoms with Gasteiger partial charge in [-0.1, -0.05) is 44.5 Å². The number of rotatable bonds is 4. The van der Waals surface area contributed by atoms with Crippen molar-refractivity contribution >= 4 is 5.82 Å². The monoisotopic (exact) mass is 244 g/mol. The van der Waals surface area contributed by atoms with E-state index in [1.165, 1.54) is 5.56 Å². The summed E-state index contributed by atoms with van der Waals surface area (Å²) in [5.74, 6) is 0.818. The van der Waals surface area contributed by atoms with Crippen LogP contribution in [0.2, 0.25) is 0 Å². The second kappa shape index (κ2) is 5.21. The Balaban J connectivity index is 2.37. The van der Waals surface area contributed by atoms with Crippen LogP contribution in [-0.4, -0.2) is 15.0 Å². The fraction of sp³-hybridized carbons (Fsp3) is 0.429. The summed E-state index contributed by atoms with van der Waals surface area (Å²) in [4.78, 5) is 0. The molecule has 0 saturated carbocycles. The van der Waals surface area contributed by atoms with Gasteiger partial charge in [0.15, 0.2) is 5.82 Å². The third kappa shape index (κ3) is 2.37. The van der Waals surface area contributed by atoms with Gasteiger partial charge in [0.05, 0.1) is 11.4 Å². The fourth-order valence-corrected chi connectivity index (χ4v) is 2.12. The van der Waals surface area contributed by atoms with Crippen LogP contribution in [0.15, 0.2) is 24.3 Å². The average Bonchev–Trinajstić information content (AvgIpc) is 2.73. The van der Waals surface area contributed by atoms with Crippen LogP contribution in [0.3, 0.4) is 0 Å². The first-order chi connectivity index (χ1) is 8.63. The molecule has 0 aliphatic rings. The molecule has 1 aromatic carbocycles. The Kier molecular flexibility index (Phi) is 3.65. The normalized spacial score (nSPS) is 11.1. The minimum Gasteiger partial charge on any atom is -0.381 e. The van der Waals surface area contributed by atoms with E-state index in [0.29, 0.717) is 11.7 Å². The molecule has 4 heteroatoms. The highest BCUT2D eigenvalue weighted by Gasteiger charge is 2.14. The zero-order chi connectivity index (χ0) is 13.1. The van der Waals surface area contributed by atoms with Gasteiger partial charge in [0.1, 0.15) is 0 Å². The summed E-state index contributed by atoms with van der Waals surface area (Å²) in [5.41, 5.74) is 9.20. The van der Waals surface area contributed by atoms with Gasteiger partial charge in [0.2, 0.25) is 0 Å². The third-order valence-corrected chi connectivity index (χ3v) is 3.00. The van der Waals surface area contributed by atoms with Crippen molar-refractivity contribution in [2.75, 3.05) is 5.73 Å². The largest absolute Gasteiger partial charge is 0.381 e. The summed E-state index contributed by atoms with van der Waals surface area (Å²) in [5, 5.41) is 8.09. The standard InChI is InChI=1S/C14H20N4/c1-4-5-11-6-8-12(9-7-11)18-13(10(2)3)14(15)16-17-18/h6-10H,4-5,15H2,1-3H3. The van der Waals surface area contributed by atoms with E-state index < -0.39 is 0 Å². The highest BCUT2D eigenvalue weighted by Crippen LogP contribution is 2.22. The SMILES string of the molecule is CCCc1ccc(-n2nnc(N)c2C(C)C)cc1.